The number of esters is 1. The molecular weight excluding hydrogens is 448 g/mol. The Morgan fingerprint density at radius 3 is 2.21 bits per heavy atom. The van der Waals surface area contributed by atoms with E-state index in [9.17, 15) is 9.59 Å². The van der Waals surface area contributed by atoms with Crippen LogP contribution >= 0.6 is 11.6 Å². The Morgan fingerprint density at radius 2 is 1.58 bits per heavy atom. The van der Waals surface area contributed by atoms with Gasteiger partial charge in [0.25, 0.3) is 0 Å². The summed E-state index contributed by atoms with van der Waals surface area (Å²) in [4.78, 5) is 25.7. The minimum Gasteiger partial charge on any atom is -0.493 e. The van der Waals surface area contributed by atoms with Crippen LogP contribution in [0.3, 0.4) is 0 Å². The summed E-state index contributed by atoms with van der Waals surface area (Å²) in [6.07, 6.45) is 1.34. The standard InChI is InChI=1S/C25H19ClO7/c1-29-21-10-14(11-22(30-2)24(21)31-3)25(28)33-15-8-9-17-20(12-15)32-13-18(23(17)27)16-6-4-5-7-19(16)26/h4-13H,1-3H3. The summed E-state index contributed by atoms with van der Waals surface area (Å²) < 4.78 is 27.0. The Hall–Kier alpha value is -3.97. The zero-order chi connectivity index (χ0) is 23.5. The first-order chi connectivity index (χ1) is 16.0. The predicted molar refractivity (Wildman–Crippen MR) is 124 cm³/mol. The molecule has 0 amide bonds. The number of benzene rings is 3. The molecule has 0 aliphatic heterocycles. The predicted octanol–water partition coefficient (Wildman–Crippen LogP) is 5.36. The fraction of sp³-hybridized carbons (Fsp3) is 0.120. The topological polar surface area (TPSA) is 84.2 Å². The highest BCUT2D eigenvalue weighted by molar-refractivity contribution is 6.33. The van der Waals surface area contributed by atoms with Gasteiger partial charge in [0.2, 0.25) is 11.2 Å². The number of ether oxygens (including phenoxy) is 4. The summed E-state index contributed by atoms with van der Waals surface area (Å²) in [7, 11) is 4.38. The molecule has 0 saturated heterocycles. The van der Waals surface area contributed by atoms with Crippen molar-refractivity contribution in [3.8, 4) is 34.1 Å². The number of fused-ring (bicyclic) bond motifs is 1. The van der Waals surface area contributed by atoms with Gasteiger partial charge in [-0.1, -0.05) is 29.8 Å². The van der Waals surface area contributed by atoms with Crippen LogP contribution in [-0.2, 0) is 0 Å². The third-order valence-corrected chi connectivity index (χ3v) is 5.35. The van der Waals surface area contributed by atoms with Crippen LogP contribution < -0.4 is 24.4 Å². The van der Waals surface area contributed by atoms with Crippen molar-refractivity contribution < 1.29 is 28.2 Å². The maximum Gasteiger partial charge on any atom is 0.343 e. The summed E-state index contributed by atoms with van der Waals surface area (Å²) in [5.41, 5.74) is 1.14. The molecule has 4 aromatic rings. The highest BCUT2D eigenvalue weighted by Gasteiger charge is 2.19. The summed E-state index contributed by atoms with van der Waals surface area (Å²) >= 11 is 6.22. The van der Waals surface area contributed by atoms with E-state index < -0.39 is 5.97 Å². The minimum atomic E-state index is -0.649. The van der Waals surface area contributed by atoms with Gasteiger partial charge in [0.15, 0.2) is 11.5 Å². The van der Waals surface area contributed by atoms with E-state index in [2.05, 4.69) is 0 Å². The first kappa shape index (κ1) is 22.2. The second-order valence-corrected chi connectivity index (χ2v) is 7.33. The number of hydrogen-bond donors (Lipinski definition) is 0. The van der Waals surface area contributed by atoms with E-state index >= 15 is 0 Å². The second-order valence-electron chi connectivity index (χ2n) is 6.92. The molecule has 7 nitrogen and oxygen atoms in total. The fourth-order valence-electron chi connectivity index (χ4n) is 3.40. The van der Waals surface area contributed by atoms with E-state index in [4.69, 9.17) is 35.0 Å². The molecule has 0 unspecified atom stereocenters. The summed E-state index contributed by atoms with van der Waals surface area (Å²) in [5, 5.41) is 0.778. The van der Waals surface area contributed by atoms with Gasteiger partial charge in [-0.2, -0.15) is 0 Å². The van der Waals surface area contributed by atoms with Crippen LogP contribution in [0.4, 0.5) is 0 Å². The SMILES string of the molecule is COc1cc(C(=O)Oc2ccc3c(=O)c(-c4ccccc4Cl)coc3c2)cc(OC)c1OC. The van der Waals surface area contributed by atoms with Crippen LogP contribution in [0, 0.1) is 0 Å². The zero-order valence-corrected chi connectivity index (χ0v) is 18.8. The van der Waals surface area contributed by atoms with Gasteiger partial charge in [-0.15, -0.1) is 0 Å². The molecule has 0 atom stereocenters. The molecule has 0 spiro atoms. The van der Waals surface area contributed by atoms with Gasteiger partial charge in [-0.3, -0.25) is 4.79 Å². The Balaban J connectivity index is 1.66. The van der Waals surface area contributed by atoms with E-state index in [0.29, 0.717) is 38.8 Å². The molecule has 1 heterocycles. The maximum absolute atomic E-state index is 13.0. The first-order valence-corrected chi connectivity index (χ1v) is 10.2. The van der Waals surface area contributed by atoms with Crippen molar-refractivity contribution in [1.82, 2.24) is 0 Å². The van der Waals surface area contributed by atoms with Crippen molar-refractivity contribution in [2.75, 3.05) is 21.3 Å². The van der Waals surface area contributed by atoms with Gasteiger partial charge in [0.05, 0.1) is 37.8 Å². The monoisotopic (exact) mass is 466 g/mol. The summed E-state index contributed by atoms with van der Waals surface area (Å²) in [6, 6.07) is 14.5. The highest BCUT2D eigenvalue weighted by atomic mass is 35.5. The number of carbonyl (C=O) groups is 1. The fourth-order valence-corrected chi connectivity index (χ4v) is 3.64. The van der Waals surface area contributed by atoms with Crippen molar-refractivity contribution in [1.29, 1.82) is 0 Å². The Labute approximate surface area is 194 Å². The third-order valence-electron chi connectivity index (χ3n) is 5.02. The minimum absolute atomic E-state index is 0.195. The van der Waals surface area contributed by atoms with Crippen molar-refractivity contribution in [3.05, 3.63) is 81.7 Å². The van der Waals surface area contributed by atoms with Gasteiger partial charge < -0.3 is 23.4 Å². The molecule has 1 aromatic heterocycles. The van der Waals surface area contributed by atoms with Crippen molar-refractivity contribution in [3.63, 3.8) is 0 Å². The van der Waals surface area contributed by atoms with Gasteiger partial charge in [0.1, 0.15) is 17.6 Å². The largest absolute Gasteiger partial charge is 0.493 e. The molecule has 0 radical (unpaired) electrons. The van der Waals surface area contributed by atoms with E-state index in [0.717, 1.165) is 0 Å². The molecule has 3 aromatic carbocycles. The number of rotatable bonds is 6. The van der Waals surface area contributed by atoms with Crippen molar-refractivity contribution >= 4 is 28.5 Å². The van der Waals surface area contributed by atoms with Crippen LogP contribution in [0.1, 0.15) is 10.4 Å². The molecule has 168 valence electrons. The molecule has 4 rings (SSSR count). The van der Waals surface area contributed by atoms with Gasteiger partial charge in [-0.05, 0) is 30.3 Å². The Bertz CT molecular complexity index is 1380. The molecule has 0 saturated carbocycles. The Kier molecular flexibility index (Phi) is 6.24. The number of carbonyl (C=O) groups excluding carboxylic acids is 1. The van der Waals surface area contributed by atoms with Crippen molar-refractivity contribution in [2.24, 2.45) is 0 Å². The number of hydrogen-bond acceptors (Lipinski definition) is 7. The van der Waals surface area contributed by atoms with Crippen LogP contribution in [-0.4, -0.2) is 27.3 Å². The smallest absolute Gasteiger partial charge is 0.343 e. The van der Waals surface area contributed by atoms with Crippen LogP contribution in [0.25, 0.3) is 22.1 Å². The third kappa shape index (κ3) is 4.23. The normalized spacial score (nSPS) is 10.7. The van der Waals surface area contributed by atoms with Crippen LogP contribution in [0.2, 0.25) is 5.02 Å². The lowest BCUT2D eigenvalue weighted by Gasteiger charge is -2.13. The maximum atomic E-state index is 13.0. The average Bonchev–Trinajstić information content (AvgIpc) is 2.83. The number of halogens is 1. The lowest BCUT2D eigenvalue weighted by Crippen LogP contribution is -2.10. The average molecular weight is 467 g/mol. The first-order valence-electron chi connectivity index (χ1n) is 9.79. The molecule has 0 N–H and O–H groups in total. The molecule has 0 bridgehead atoms. The summed E-state index contributed by atoms with van der Waals surface area (Å²) in [5.74, 6) is 0.553. The highest BCUT2D eigenvalue weighted by Crippen LogP contribution is 2.38. The Morgan fingerprint density at radius 1 is 0.879 bits per heavy atom. The van der Waals surface area contributed by atoms with E-state index in [-0.39, 0.29) is 22.3 Å². The summed E-state index contributed by atoms with van der Waals surface area (Å²) in [6.45, 7) is 0. The second kappa shape index (κ2) is 9.26. The van der Waals surface area contributed by atoms with Gasteiger partial charge >= 0.3 is 5.97 Å². The molecule has 0 aliphatic carbocycles. The lowest BCUT2D eigenvalue weighted by atomic mass is 10.1. The van der Waals surface area contributed by atoms with E-state index in [1.807, 2.05) is 0 Å². The van der Waals surface area contributed by atoms with Gasteiger partial charge in [0, 0.05) is 16.7 Å². The quantitative estimate of drug-likeness (QED) is 0.279. The lowest BCUT2D eigenvalue weighted by molar-refractivity contribution is 0.0734. The van der Waals surface area contributed by atoms with Gasteiger partial charge in [-0.25, -0.2) is 4.79 Å². The van der Waals surface area contributed by atoms with Crippen LogP contribution in [0.5, 0.6) is 23.0 Å². The molecular formula is C25H19ClO7. The number of methoxy groups -OCH3 is 3. The molecule has 8 heteroatoms. The molecule has 0 fully saturated rings. The zero-order valence-electron chi connectivity index (χ0n) is 18.0. The molecule has 33 heavy (non-hydrogen) atoms. The van der Waals surface area contributed by atoms with E-state index in [1.54, 1.807) is 30.3 Å². The van der Waals surface area contributed by atoms with E-state index in [1.165, 1.54) is 51.9 Å². The van der Waals surface area contributed by atoms with Crippen molar-refractivity contribution in [2.45, 2.75) is 0 Å². The molecule has 0 aliphatic rings. The van der Waals surface area contributed by atoms with Crippen LogP contribution in [0.15, 0.2) is 70.1 Å².